The van der Waals surface area contributed by atoms with Gasteiger partial charge in [0.25, 0.3) is 11.1 Å². The van der Waals surface area contributed by atoms with Gasteiger partial charge in [0.15, 0.2) is 5.82 Å². The summed E-state index contributed by atoms with van der Waals surface area (Å²) in [6.07, 6.45) is 1.90. The van der Waals surface area contributed by atoms with Crippen molar-refractivity contribution in [2.24, 2.45) is 0 Å². The van der Waals surface area contributed by atoms with Crippen molar-refractivity contribution in [3.63, 3.8) is 0 Å². The Morgan fingerprint density at radius 3 is 2.70 bits per heavy atom. The van der Waals surface area contributed by atoms with Gasteiger partial charge in [0.1, 0.15) is 5.75 Å². The van der Waals surface area contributed by atoms with Crippen LogP contribution in [0.3, 0.4) is 0 Å². The standard InChI is InChI=1S/C22H21N7O2S2/c1-2-30-18-10-6-4-8-15(18)20-26-28-22(31-20)33-12-11-32-21-27-25-19(29(21)23)16-13-24-17-9-5-3-7-14(16)17/h3-10,13,24H,2,11-12,23H2,1H3. The number of para-hydroxylation sites is 2. The molecule has 3 heterocycles. The van der Waals surface area contributed by atoms with Gasteiger partial charge in [0.2, 0.25) is 5.16 Å². The van der Waals surface area contributed by atoms with E-state index in [1.807, 2.05) is 61.7 Å². The van der Waals surface area contributed by atoms with E-state index in [0.717, 1.165) is 39.3 Å². The van der Waals surface area contributed by atoms with Crippen LogP contribution in [0.15, 0.2) is 69.5 Å². The molecule has 0 aliphatic heterocycles. The van der Waals surface area contributed by atoms with Crippen LogP contribution in [0, 0.1) is 0 Å². The highest BCUT2D eigenvalue weighted by Crippen LogP contribution is 2.32. The third-order valence-corrected chi connectivity index (χ3v) is 6.88. The normalized spacial score (nSPS) is 11.3. The molecule has 0 bridgehead atoms. The van der Waals surface area contributed by atoms with E-state index >= 15 is 0 Å². The number of thioether (sulfide) groups is 2. The van der Waals surface area contributed by atoms with Crippen LogP contribution in [-0.4, -0.2) is 48.2 Å². The molecular weight excluding hydrogens is 458 g/mol. The molecule has 9 nitrogen and oxygen atoms in total. The minimum Gasteiger partial charge on any atom is -0.493 e. The molecular formula is C22H21N7O2S2. The molecule has 0 fully saturated rings. The number of aromatic amines is 1. The van der Waals surface area contributed by atoms with Gasteiger partial charge in [-0.25, -0.2) is 4.68 Å². The number of hydrogen-bond acceptors (Lipinski definition) is 9. The van der Waals surface area contributed by atoms with E-state index < -0.39 is 0 Å². The quantitative estimate of drug-likeness (QED) is 0.179. The first-order chi connectivity index (χ1) is 16.2. The molecule has 0 radical (unpaired) electrons. The maximum atomic E-state index is 6.28. The fraction of sp³-hybridized carbons (Fsp3) is 0.182. The summed E-state index contributed by atoms with van der Waals surface area (Å²) in [6, 6.07) is 15.6. The molecule has 33 heavy (non-hydrogen) atoms. The topological polar surface area (TPSA) is 121 Å². The SMILES string of the molecule is CCOc1ccccc1-c1nnc(SCCSc2nnc(-c3c[nH]c4ccccc34)n2N)o1. The molecule has 3 aromatic heterocycles. The average molecular weight is 480 g/mol. The Morgan fingerprint density at radius 1 is 0.970 bits per heavy atom. The largest absolute Gasteiger partial charge is 0.493 e. The fourth-order valence-corrected chi connectivity index (χ4v) is 4.96. The Kier molecular flexibility index (Phi) is 6.22. The lowest BCUT2D eigenvalue weighted by molar-refractivity contribution is 0.340. The van der Waals surface area contributed by atoms with Crippen LogP contribution in [0.1, 0.15) is 6.92 Å². The van der Waals surface area contributed by atoms with Crippen molar-refractivity contribution in [1.29, 1.82) is 0 Å². The van der Waals surface area contributed by atoms with Gasteiger partial charge in [-0.05, 0) is 25.1 Å². The number of nitrogen functional groups attached to an aromatic ring is 1. The highest BCUT2D eigenvalue weighted by Gasteiger charge is 2.16. The summed E-state index contributed by atoms with van der Waals surface area (Å²) in [6.45, 7) is 2.51. The van der Waals surface area contributed by atoms with Gasteiger partial charge < -0.3 is 20.0 Å². The predicted octanol–water partition coefficient (Wildman–Crippen LogP) is 4.47. The Hall–Kier alpha value is -3.44. The Morgan fingerprint density at radius 2 is 1.79 bits per heavy atom. The van der Waals surface area contributed by atoms with Gasteiger partial charge in [-0.3, -0.25) is 0 Å². The van der Waals surface area contributed by atoms with Crippen molar-refractivity contribution in [2.75, 3.05) is 24.0 Å². The van der Waals surface area contributed by atoms with Crippen LogP contribution >= 0.6 is 23.5 Å². The van der Waals surface area contributed by atoms with Crippen molar-refractivity contribution in [2.45, 2.75) is 17.3 Å². The molecule has 0 aliphatic rings. The molecule has 0 aliphatic carbocycles. The van der Waals surface area contributed by atoms with E-state index in [2.05, 4.69) is 25.4 Å². The summed E-state index contributed by atoms with van der Waals surface area (Å²) >= 11 is 3.01. The van der Waals surface area contributed by atoms with Gasteiger partial charge >= 0.3 is 0 Å². The van der Waals surface area contributed by atoms with Crippen molar-refractivity contribution in [3.05, 3.63) is 54.7 Å². The lowest BCUT2D eigenvalue weighted by Crippen LogP contribution is -2.11. The lowest BCUT2D eigenvalue weighted by atomic mass is 10.2. The maximum absolute atomic E-state index is 6.28. The van der Waals surface area contributed by atoms with Crippen LogP contribution in [0.2, 0.25) is 0 Å². The summed E-state index contributed by atoms with van der Waals surface area (Å²) in [5.41, 5.74) is 2.74. The monoisotopic (exact) mass is 479 g/mol. The van der Waals surface area contributed by atoms with E-state index in [9.17, 15) is 0 Å². The number of rotatable bonds is 9. The first-order valence-corrected chi connectivity index (χ1v) is 12.3. The van der Waals surface area contributed by atoms with Crippen LogP contribution in [0.4, 0.5) is 0 Å². The van der Waals surface area contributed by atoms with Crippen molar-refractivity contribution in [3.8, 4) is 28.6 Å². The highest BCUT2D eigenvalue weighted by atomic mass is 32.2. The summed E-state index contributed by atoms with van der Waals surface area (Å²) in [5.74, 6) is 9.57. The van der Waals surface area contributed by atoms with Gasteiger partial charge in [0.05, 0.1) is 12.2 Å². The number of H-pyrrole nitrogens is 1. The number of nitrogens with zero attached hydrogens (tertiary/aromatic N) is 5. The second kappa shape index (κ2) is 9.59. The van der Waals surface area contributed by atoms with Gasteiger partial charge in [0, 0.05) is 34.2 Å². The number of hydrogen-bond donors (Lipinski definition) is 2. The van der Waals surface area contributed by atoms with Crippen molar-refractivity contribution >= 4 is 34.4 Å². The Balaban J connectivity index is 1.20. The van der Waals surface area contributed by atoms with E-state index in [1.165, 1.54) is 28.2 Å². The number of nitrogens with two attached hydrogens (primary N) is 1. The highest BCUT2D eigenvalue weighted by molar-refractivity contribution is 8.02. The van der Waals surface area contributed by atoms with Gasteiger partial charge in [-0.1, -0.05) is 53.9 Å². The molecule has 0 saturated heterocycles. The summed E-state index contributed by atoms with van der Waals surface area (Å²) in [7, 11) is 0. The van der Waals surface area contributed by atoms with Crippen LogP contribution in [0.5, 0.6) is 5.75 Å². The Bertz CT molecular complexity index is 1380. The minimum absolute atomic E-state index is 0.444. The molecule has 11 heteroatoms. The zero-order valence-electron chi connectivity index (χ0n) is 17.8. The Labute approximate surface area is 198 Å². The second-order valence-electron chi connectivity index (χ2n) is 6.92. The minimum atomic E-state index is 0.444. The maximum Gasteiger partial charge on any atom is 0.276 e. The number of benzene rings is 2. The molecule has 3 N–H and O–H groups in total. The third-order valence-electron chi connectivity index (χ3n) is 4.86. The summed E-state index contributed by atoms with van der Waals surface area (Å²) in [5, 5.41) is 19.1. The first-order valence-electron chi connectivity index (χ1n) is 10.3. The molecule has 0 atom stereocenters. The van der Waals surface area contributed by atoms with E-state index in [4.69, 9.17) is 15.0 Å². The van der Waals surface area contributed by atoms with Gasteiger partial charge in [-0.15, -0.1) is 20.4 Å². The molecule has 0 saturated carbocycles. The zero-order chi connectivity index (χ0) is 22.6. The smallest absolute Gasteiger partial charge is 0.276 e. The third kappa shape index (κ3) is 4.41. The first kappa shape index (κ1) is 21.4. The lowest BCUT2D eigenvalue weighted by Gasteiger charge is -2.06. The second-order valence-corrected chi connectivity index (χ2v) is 9.03. The summed E-state index contributed by atoms with van der Waals surface area (Å²) < 4.78 is 13.0. The van der Waals surface area contributed by atoms with E-state index in [0.29, 0.717) is 28.7 Å². The molecule has 168 valence electrons. The van der Waals surface area contributed by atoms with E-state index in [1.54, 1.807) is 0 Å². The molecule has 5 aromatic rings. The number of fused-ring (bicyclic) bond motifs is 1. The predicted molar refractivity (Wildman–Crippen MR) is 130 cm³/mol. The van der Waals surface area contributed by atoms with Crippen molar-refractivity contribution < 1.29 is 9.15 Å². The molecule has 0 unspecified atom stereocenters. The van der Waals surface area contributed by atoms with Crippen LogP contribution < -0.4 is 10.6 Å². The number of aromatic nitrogens is 6. The van der Waals surface area contributed by atoms with Crippen LogP contribution in [0.25, 0.3) is 33.7 Å². The van der Waals surface area contributed by atoms with Gasteiger partial charge in [-0.2, -0.15) is 0 Å². The van der Waals surface area contributed by atoms with E-state index in [-0.39, 0.29) is 0 Å². The molecule has 2 aromatic carbocycles. The molecule has 0 spiro atoms. The van der Waals surface area contributed by atoms with Crippen molar-refractivity contribution in [1.82, 2.24) is 30.1 Å². The fourth-order valence-electron chi connectivity index (χ4n) is 3.38. The number of ether oxygens (including phenoxy) is 1. The number of nitrogens with one attached hydrogen (secondary N) is 1. The molecule has 0 amide bonds. The zero-order valence-corrected chi connectivity index (χ0v) is 19.4. The van der Waals surface area contributed by atoms with Crippen LogP contribution in [-0.2, 0) is 0 Å². The summed E-state index contributed by atoms with van der Waals surface area (Å²) in [4.78, 5) is 3.24. The average Bonchev–Trinajstić information content (AvgIpc) is 3.56. The molecule has 5 rings (SSSR count).